The van der Waals surface area contributed by atoms with Crippen molar-refractivity contribution in [3.63, 3.8) is 0 Å². The molecule has 0 saturated carbocycles. The van der Waals surface area contributed by atoms with Crippen molar-refractivity contribution in [2.75, 3.05) is 18.8 Å². The van der Waals surface area contributed by atoms with E-state index in [2.05, 4.69) is 38.9 Å². The molecule has 1 aromatic heterocycles. The number of aliphatic carboxylic acids is 1. The summed E-state index contributed by atoms with van der Waals surface area (Å²) in [4.78, 5) is 82.0. The van der Waals surface area contributed by atoms with Crippen LogP contribution >= 0.6 is 12.6 Å². The summed E-state index contributed by atoms with van der Waals surface area (Å²) in [6.45, 7) is 7.38. The molecule has 0 aliphatic carbocycles. The minimum Gasteiger partial charge on any atom is -0.480 e. The Hall–Kier alpha value is -4.11. The van der Waals surface area contributed by atoms with Crippen LogP contribution in [0.1, 0.15) is 58.9 Å². The van der Waals surface area contributed by atoms with Crippen molar-refractivity contribution in [3.8, 4) is 0 Å². The fraction of sp³-hybridized carbons (Fsp3) is 0.576. The molecule has 2 aromatic rings. The number of carbonyl (C=O) groups excluding carboxylic acids is 5. The average Bonchev–Trinajstić information content (AvgIpc) is 3.69. The molecular formula is C33H49N7O7S. The molecule has 14 nitrogen and oxygen atoms in total. The number of aromatic nitrogens is 1. The van der Waals surface area contributed by atoms with Gasteiger partial charge in [0.15, 0.2) is 0 Å². The number of para-hydroxylation sites is 1. The van der Waals surface area contributed by atoms with E-state index in [1.807, 2.05) is 52.0 Å². The highest BCUT2D eigenvalue weighted by Gasteiger charge is 2.37. The average molecular weight is 688 g/mol. The predicted molar refractivity (Wildman–Crippen MR) is 184 cm³/mol. The number of carboxylic acids is 1. The van der Waals surface area contributed by atoms with E-state index in [1.54, 1.807) is 6.20 Å². The maximum Gasteiger partial charge on any atom is 0.326 e. The lowest BCUT2D eigenvalue weighted by Crippen LogP contribution is -2.57. The zero-order valence-corrected chi connectivity index (χ0v) is 28.8. The summed E-state index contributed by atoms with van der Waals surface area (Å²) >= 11 is 4.08. The van der Waals surface area contributed by atoms with Gasteiger partial charge in [0, 0.05) is 35.8 Å². The number of fused-ring (bicyclic) bond motifs is 1. The lowest BCUT2D eigenvalue weighted by atomic mass is 10.0. The molecule has 0 bridgehead atoms. The number of hydrogen-bond donors (Lipinski definition) is 8. The van der Waals surface area contributed by atoms with E-state index < -0.39 is 66.4 Å². The zero-order valence-electron chi connectivity index (χ0n) is 28.0. The maximum atomic E-state index is 13.3. The molecule has 1 fully saturated rings. The highest BCUT2D eigenvalue weighted by molar-refractivity contribution is 7.80. The molecule has 2 heterocycles. The Balaban J connectivity index is 1.62. The summed E-state index contributed by atoms with van der Waals surface area (Å²) < 4.78 is 0. The number of benzene rings is 1. The number of nitrogens with one attached hydrogen (secondary N) is 5. The molecule has 8 N–H and O–H groups in total. The minimum atomic E-state index is -1.25. The maximum absolute atomic E-state index is 13.3. The van der Waals surface area contributed by atoms with Crippen LogP contribution in [0.25, 0.3) is 10.9 Å². The van der Waals surface area contributed by atoms with Crippen LogP contribution in [0.4, 0.5) is 0 Å². The lowest BCUT2D eigenvalue weighted by molar-refractivity contribution is -0.142. The molecule has 5 atom stereocenters. The van der Waals surface area contributed by atoms with Crippen molar-refractivity contribution in [1.29, 1.82) is 0 Å². The number of thiol groups is 1. The third kappa shape index (κ3) is 10.7. The van der Waals surface area contributed by atoms with Gasteiger partial charge >= 0.3 is 5.97 Å². The first-order chi connectivity index (χ1) is 22.7. The van der Waals surface area contributed by atoms with Crippen LogP contribution in [-0.4, -0.2) is 99.5 Å². The number of nitrogens with two attached hydrogens (primary N) is 1. The van der Waals surface area contributed by atoms with Gasteiger partial charge in [-0.2, -0.15) is 12.6 Å². The van der Waals surface area contributed by atoms with Crippen molar-refractivity contribution >= 4 is 59.0 Å². The molecule has 1 aliphatic rings. The Morgan fingerprint density at radius 2 is 1.60 bits per heavy atom. The van der Waals surface area contributed by atoms with Crippen LogP contribution < -0.4 is 27.0 Å². The van der Waals surface area contributed by atoms with Crippen LogP contribution in [0.2, 0.25) is 0 Å². The quantitative estimate of drug-likeness (QED) is 0.111. The first kappa shape index (κ1) is 38.3. The fourth-order valence-electron chi connectivity index (χ4n) is 5.80. The van der Waals surface area contributed by atoms with E-state index >= 15 is 0 Å². The van der Waals surface area contributed by atoms with Gasteiger partial charge in [-0.25, -0.2) is 4.79 Å². The molecule has 5 amide bonds. The summed E-state index contributed by atoms with van der Waals surface area (Å²) in [5.74, 6) is -3.86. The second kappa shape index (κ2) is 17.9. The second-order valence-electron chi connectivity index (χ2n) is 13.1. The number of carbonyl (C=O) groups is 6. The second-order valence-corrected chi connectivity index (χ2v) is 13.5. The van der Waals surface area contributed by atoms with Gasteiger partial charge in [0.05, 0.1) is 12.6 Å². The number of aromatic amines is 1. The summed E-state index contributed by atoms with van der Waals surface area (Å²) in [7, 11) is 0. The molecule has 1 aliphatic heterocycles. The van der Waals surface area contributed by atoms with Crippen molar-refractivity contribution < 1.29 is 33.9 Å². The van der Waals surface area contributed by atoms with E-state index in [-0.39, 0.29) is 42.8 Å². The Morgan fingerprint density at radius 3 is 2.23 bits per heavy atom. The van der Waals surface area contributed by atoms with Crippen molar-refractivity contribution in [3.05, 3.63) is 36.0 Å². The van der Waals surface area contributed by atoms with E-state index in [0.717, 1.165) is 16.5 Å². The topological polar surface area (TPSA) is 216 Å². The number of carboxylic acid groups (broad SMARTS) is 1. The van der Waals surface area contributed by atoms with E-state index in [9.17, 15) is 33.9 Å². The van der Waals surface area contributed by atoms with Gasteiger partial charge in [-0.1, -0.05) is 45.9 Å². The van der Waals surface area contributed by atoms with Gasteiger partial charge in [0.2, 0.25) is 29.5 Å². The highest BCUT2D eigenvalue weighted by atomic mass is 32.1. The number of H-pyrrole nitrogens is 1. The smallest absolute Gasteiger partial charge is 0.326 e. The van der Waals surface area contributed by atoms with Crippen LogP contribution in [-0.2, 0) is 35.2 Å². The van der Waals surface area contributed by atoms with E-state index in [1.165, 1.54) is 4.90 Å². The minimum absolute atomic E-state index is 0.0133. The predicted octanol–water partition coefficient (Wildman–Crippen LogP) is 0.706. The monoisotopic (exact) mass is 687 g/mol. The van der Waals surface area contributed by atoms with Gasteiger partial charge in [-0.05, 0) is 49.1 Å². The van der Waals surface area contributed by atoms with Crippen molar-refractivity contribution in [2.45, 2.75) is 90.0 Å². The third-order valence-corrected chi connectivity index (χ3v) is 8.58. The van der Waals surface area contributed by atoms with Crippen molar-refractivity contribution in [2.24, 2.45) is 17.6 Å². The van der Waals surface area contributed by atoms with Crippen LogP contribution in [0, 0.1) is 11.8 Å². The number of rotatable bonds is 17. The highest BCUT2D eigenvalue weighted by Crippen LogP contribution is 2.21. The molecule has 3 rings (SSSR count). The van der Waals surface area contributed by atoms with E-state index in [4.69, 9.17) is 5.73 Å². The van der Waals surface area contributed by atoms with Crippen molar-refractivity contribution in [1.82, 2.24) is 31.2 Å². The van der Waals surface area contributed by atoms with Crippen LogP contribution in [0.3, 0.4) is 0 Å². The van der Waals surface area contributed by atoms with Gasteiger partial charge < -0.3 is 42.0 Å². The van der Waals surface area contributed by atoms with Gasteiger partial charge in [-0.15, -0.1) is 0 Å². The number of amides is 5. The van der Waals surface area contributed by atoms with Crippen LogP contribution in [0.5, 0.6) is 0 Å². The van der Waals surface area contributed by atoms with E-state index in [0.29, 0.717) is 19.4 Å². The molecule has 0 unspecified atom stereocenters. The zero-order chi connectivity index (χ0) is 35.5. The van der Waals surface area contributed by atoms with Gasteiger partial charge in [0.1, 0.15) is 24.2 Å². The summed E-state index contributed by atoms with van der Waals surface area (Å²) in [6.07, 6.45) is 3.29. The summed E-state index contributed by atoms with van der Waals surface area (Å²) in [5, 5.41) is 21.2. The lowest BCUT2D eigenvalue weighted by Gasteiger charge is -2.28. The first-order valence-corrected chi connectivity index (χ1v) is 17.0. The SMILES string of the molecule is CC(C)C[C@H](NC(=O)CNC(=O)[C@H](CC(C)C)NC(=O)[C@@H]1CCCN1C(=O)[C@@H](N)CS)C(=O)N[C@@H](Cc1c[nH]c2ccccc12)C(=O)O. The Kier molecular flexibility index (Phi) is 14.3. The largest absolute Gasteiger partial charge is 0.480 e. The summed E-state index contributed by atoms with van der Waals surface area (Å²) in [6, 6.07) is 2.54. The molecule has 0 radical (unpaired) electrons. The summed E-state index contributed by atoms with van der Waals surface area (Å²) in [5.41, 5.74) is 7.42. The number of nitrogens with zero attached hydrogens (tertiary/aromatic N) is 1. The number of likely N-dealkylation sites (tertiary alicyclic amines) is 1. The molecule has 48 heavy (non-hydrogen) atoms. The number of hydrogen-bond acceptors (Lipinski definition) is 8. The van der Waals surface area contributed by atoms with Gasteiger partial charge in [0.25, 0.3) is 0 Å². The Bertz CT molecular complexity index is 1460. The molecule has 1 saturated heterocycles. The fourth-order valence-corrected chi connectivity index (χ4v) is 5.95. The molecule has 1 aromatic carbocycles. The standard InChI is InChI=1S/C33H49N7O7S/c1-18(2)12-24(38-31(44)27-10-7-11-40(27)32(45)22(34)17-48)29(42)36-16-28(41)37-25(13-19(3)4)30(43)39-26(33(46)47)14-20-15-35-23-9-6-5-8-21(20)23/h5-6,8-9,15,18-19,22,24-27,35,48H,7,10-14,16-17,34H2,1-4H3,(H,36,42)(H,37,41)(H,38,44)(H,39,43)(H,46,47)/t22-,24-,25-,26-,27-/m0/s1. The first-order valence-electron chi connectivity index (χ1n) is 16.3. The molecule has 264 valence electrons. The molecular weight excluding hydrogens is 638 g/mol. The van der Waals surface area contributed by atoms with Crippen LogP contribution in [0.15, 0.2) is 30.5 Å². The Morgan fingerprint density at radius 1 is 0.958 bits per heavy atom. The normalized spacial score (nSPS) is 17.1. The molecule has 15 heteroatoms. The molecule has 0 spiro atoms. The van der Waals surface area contributed by atoms with Gasteiger partial charge in [-0.3, -0.25) is 24.0 Å². The third-order valence-electron chi connectivity index (χ3n) is 8.19. The Labute approximate surface area is 286 Å².